The van der Waals surface area contributed by atoms with Crippen LogP contribution in [-0.4, -0.2) is 76.5 Å². The number of hydrogen-bond donors (Lipinski definition) is 8. The topological polar surface area (TPSA) is 252 Å². The summed E-state index contributed by atoms with van der Waals surface area (Å²) in [6.07, 6.45) is 0.117. The molecule has 0 saturated heterocycles. The van der Waals surface area contributed by atoms with Crippen molar-refractivity contribution in [2.24, 2.45) is 28.1 Å². The zero-order valence-corrected chi connectivity index (χ0v) is 22.8. The van der Waals surface area contributed by atoms with Crippen molar-refractivity contribution in [1.82, 2.24) is 16.0 Å². The number of aliphatic carboxylic acids is 2. The Hall–Kier alpha value is -4.20. The molecule has 222 valence electrons. The lowest BCUT2D eigenvalue weighted by atomic mass is 10.0. The molecular weight excluding hydrogens is 522 g/mol. The van der Waals surface area contributed by atoms with Gasteiger partial charge in [0.2, 0.25) is 17.7 Å². The Labute approximate surface area is 233 Å². The van der Waals surface area contributed by atoms with E-state index in [0.29, 0.717) is 5.56 Å². The molecule has 0 aliphatic rings. The van der Waals surface area contributed by atoms with Gasteiger partial charge in [0.25, 0.3) is 0 Å². The molecule has 4 unspecified atom stereocenters. The first-order chi connectivity index (χ1) is 18.8. The average molecular weight is 564 g/mol. The minimum atomic E-state index is -1.20. The first-order valence-corrected chi connectivity index (χ1v) is 13.0. The van der Waals surface area contributed by atoms with E-state index in [4.69, 9.17) is 22.3 Å². The van der Waals surface area contributed by atoms with Crippen molar-refractivity contribution >= 4 is 35.6 Å². The number of carbonyl (C=O) groups excluding carboxylic acids is 3. The highest BCUT2D eigenvalue weighted by molar-refractivity contribution is 5.94. The monoisotopic (exact) mass is 563 g/mol. The van der Waals surface area contributed by atoms with Gasteiger partial charge in [0, 0.05) is 19.4 Å². The summed E-state index contributed by atoms with van der Waals surface area (Å²) in [4.78, 5) is 65.6. The summed E-state index contributed by atoms with van der Waals surface area (Å²) in [6.45, 7) is 3.81. The highest BCUT2D eigenvalue weighted by Gasteiger charge is 2.30. The third kappa shape index (κ3) is 13.6. The number of aliphatic imine (C=N–C) groups is 1. The van der Waals surface area contributed by atoms with Crippen LogP contribution in [0.2, 0.25) is 0 Å². The zero-order valence-electron chi connectivity index (χ0n) is 22.8. The molecule has 0 aromatic heterocycles. The van der Waals surface area contributed by atoms with Gasteiger partial charge in [-0.1, -0.05) is 44.2 Å². The molecule has 4 atom stereocenters. The summed E-state index contributed by atoms with van der Waals surface area (Å²) >= 11 is 0. The zero-order chi connectivity index (χ0) is 30.2. The number of rotatable bonds is 18. The van der Waals surface area contributed by atoms with Gasteiger partial charge in [-0.05, 0) is 37.2 Å². The van der Waals surface area contributed by atoms with E-state index in [1.54, 1.807) is 30.3 Å². The van der Waals surface area contributed by atoms with Crippen LogP contribution >= 0.6 is 0 Å². The van der Waals surface area contributed by atoms with Crippen molar-refractivity contribution in [2.45, 2.75) is 76.5 Å². The largest absolute Gasteiger partial charge is 0.481 e. The quantitative estimate of drug-likeness (QED) is 0.0618. The van der Waals surface area contributed by atoms with Crippen LogP contribution in [0.3, 0.4) is 0 Å². The molecule has 0 aliphatic heterocycles. The third-order valence-electron chi connectivity index (χ3n) is 5.82. The first kappa shape index (κ1) is 33.8. The van der Waals surface area contributed by atoms with Crippen molar-refractivity contribution in [3.63, 3.8) is 0 Å². The summed E-state index contributed by atoms with van der Waals surface area (Å²) in [7, 11) is 0. The molecule has 1 rings (SSSR count). The fourth-order valence-corrected chi connectivity index (χ4v) is 3.76. The lowest BCUT2D eigenvalue weighted by molar-refractivity contribution is -0.143. The van der Waals surface area contributed by atoms with E-state index in [2.05, 4.69) is 20.9 Å². The van der Waals surface area contributed by atoms with Gasteiger partial charge in [-0.2, -0.15) is 0 Å². The fraction of sp³-hybridized carbons (Fsp3) is 0.538. The Morgan fingerprint density at radius 1 is 0.850 bits per heavy atom. The van der Waals surface area contributed by atoms with Crippen molar-refractivity contribution in [1.29, 1.82) is 0 Å². The predicted molar refractivity (Wildman–Crippen MR) is 148 cm³/mol. The molecule has 0 aliphatic carbocycles. The highest BCUT2D eigenvalue weighted by Crippen LogP contribution is 2.09. The summed E-state index contributed by atoms with van der Waals surface area (Å²) in [5, 5.41) is 26.1. The van der Waals surface area contributed by atoms with Crippen molar-refractivity contribution in [3.05, 3.63) is 35.9 Å². The molecule has 0 radical (unpaired) electrons. The maximum absolute atomic E-state index is 13.4. The van der Waals surface area contributed by atoms with Crippen LogP contribution in [0.4, 0.5) is 0 Å². The highest BCUT2D eigenvalue weighted by atomic mass is 16.4. The SMILES string of the molecule is CC(C)CC(NC(=O)C(Cc1ccccc1)NC(=O)C(CCCN=C(N)N)NC(=O)C(N)CCC(=O)O)C(=O)O. The van der Waals surface area contributed by atoms with Gasteiger partial charge < -0.3 is 43.4 Å². The van der Waals surface area contributed by atoms with Gasteiger partial charge in [-0.25, -0.2) is 4.79 Å². The van der Waals surface area contributed by atoms with Crippen LogP contribution in [0, 0.1) is 5.92 Å². The number of guanidine groups is 1. The molecule has 0 bridgehead atoms. The molecule has 40 heavy (non-hydrogen) atoms. The number of carboxylic acid groups (broad SMARTS) is 2. The second kappa shape index (κ2) is 17.4. The molecule has 14 nitrogen and oxygen atoms in total. The van der Waals surface area contributed by atoms with E-state index in [9.17, 15) is 29.1 Å². The van der Waals surface area contributed by atoms with Crippen LogP contribution in [-0.2, 0) is 30.4 Å². The molecule has 14 heteroatoms. The van der Waals surface area contributed by atoms with E-state index < -0.39 is 53.8 Å². The van der Waals surface area contributed by atoms with E-state index >= 15 is 0 Å². The van der Waals surface area contributed by atoms with Crippen LogP contribution in [0.1, 0.15) is 51.5 Å². The minimum Gasteiger partial charge on any atom is -0.481 e. The van der Waals surface area contributed by atoms with Gasteiger partial charge >= 0.3 is 11.9 Å². The number of nitrogens with one attached hydrogen (secondary N) is 3. The third-order valence-corrected chi connectivity index (χ3v) is 5.82. The average Bonchev–Trinajstić information content (AvgIpc) is 2.87. The van der Waals surface area contributed by atoms with Crippen LogP contribution < -0.4 is 33.2 Å². The second-order valence-electron chi connectivity index (χ2n) is 9.83. The second-order valence-corrected chi connectivity index (χ2v) is 9.83. The van der Waals surface area contributed by atoms with Crippen molar-refractivity contribution < 1.29 is 34.2 Å². The van der Waals surface area contributed by atoms with Gasteiger partial charge in [-0.3, -0.25) is 24.2 Å². The Morgan fingerprint density at radius 3 is 1.98 bits per heavy atom. The molecule has 3 amide bonds. The number of nitrogens with zero attached hydrogens (tertiary/aromatic N) is 1. The van der Waals surface area contributed by atoms with Crippen molar-refractivity contribution in [2.75, 3.05) is 6.54 Å². The molecule has 0 heterocycles. The smallest absolute Gasteiger partial charge is 0.326 e. The first-order valence-electron chi connectivity index (χ1n) is 13.0. The van der Waals surface area contributed by atoms with Crippen molar-refractivity contribution in [3.8, 4) is 0 Å². The van der Waals surface area contributed by atoms with Crippen LogP contribution in [0.25, 0.3) is 0 Å². The summed E-state index contributed by atoms with van der Waals surface area (Å²) in [5.74, 6) is -4.64. The summed E-state index contributed by atoms with van der Waals surface area (Å²) < 4.78 is 0. The maximum atomic E-state index is 13.4. The minimum absolute atomic E-state index is 0.0151. The van der Waals surface area contributed by atoms with E-state index in [0.717, 1.165) is 0 Å². The Kier molecular flexibility index (Phi) is 14.7. The van der Waals surface area contributed by atoms with Crippen LogP contribution in [0.15, 0.2) is 35.3 Å². The predicted octanol–water partition coefficient (Wildman–Crippen LogP) is -0.940. The molecule has 1 aromatic carbocycles. The van der Waals surface area contributed by atoms with Gasteiger partial charge in [0.15, 0.2) is 5.96 Å². The van der Waals surface area contributed by atoms with Crippen LogP contribution in [0.5, 0.6) is 0 Å². The van der Waals surface area contributed by atoms with Gasteiger partial charge in [0.05, 0.1) is 6.04 Å². The molecule has 0 fully saturated rings. The summed E-state index contributed by atoms with van der Waals surface area (Å²) in [6, 6.07) is 4.15. The number of carbonyl (C=O) groups is 5. The Balaban J connectivity index is 3.15. The number of hydrogen-bond acceptors (Lipinski definition) is 7. The lowest BCUT2D eigenvalue weighted by Gasteiger charge is -2.25. The van der Waals surface area contributed by atoms with Gasteiger partial charge in [0.1, 0.15) is 18.1 Å². The fourth-order valence-electron chi connectivity index (χ4n) is 3.76. The normalized spacial score (nSPS) is 13.8. The molecule has 11 N–H and O–H groups in total. The number of nitrogens with two attached hydrogens (primary N) is 3. The van der Waals surface area contributed by atoms with E-state index in [-0.39, 0.29) is 56.9 Å². The van der Waals surface area contributed by atoms with Gasteiger partial charge in [-0.15, -0.1) is 0 Å². The molecule has 1 aromatic rings. The molecule has 0 spiro atoms. The molecular formula is C26H41N7O7. The number of amides is 3. The van der Waals surface area contributed by atoms with E-state index in [1.165, 1.54) is 0 Å². The maximum Gasteiger partial charge on any atom is 0.326 e. The Bertz CT molecular complexity index is 1030. The Morgan fingerprint density at radius 2 is 1.43 bits per heavy atom. The standard InChI is InChI=1S/C26H41N7O7/c1-15(2)13-20(25(39)40)33-24(38)19(14-16-7-4-3-5-8-16)32-23(37)18(9-6-12-30-26(28)29)31-22(36)17(27)10-11-21(34)35/h3-5,7-8,15,17-20H,6,9-14,27H2,1-2H3,(H,31,36)(H,32,37)(H,33,38)(H,34,35)(H,39,40)(H4,28,29,30). The number of carboxylic acids is 2. The van der Waals surface area contributed by atoms with E-state index in [1.807, 2.05) is 13.8 Å². The summed E-state index contributed by atoms with van der Waals surface area (Å²) in [5.41, 5.74) is 17.2. The lowest BCUT2D eigenvalue weighted by Crippen LogP contribution is -2.57. The number of benzene rings is 1. The molecule has 0 saturated carbocycles.